The molecule has 0 saturated heterocycles. The molecule has 0 nitrogen and oxygen atoms in total. The molecule has 0 saturated carbocycles. The van der Waals surface area contributed by atoms with Crippen LogP contribution in [-0.4, -0.2) is 6.18 Å². The summed E-state index contributed by atoms with van der Waals surface area (Å²) in [6, 6.07) is 7.40. The Morgan fingerprint density at radius 1 is 1.08 bits per heavy atom. The normalized spacial score (nSPS) is 14.3. The Morgan fingerprint density at radius 3 is 2.00 bits per heavy atom. The van der Waals surface area contributed by atoms with Crippen LogP contribution in [0.4, 0.5) is 13.2 Å². The molecule has 12 heavy (non-hydrogen) atoms. The Hall–Kier alpha value is -0.700. The van der Waals surface area contributed by atoms with Crippen molar-refractivity contribution in [2.24, 2.45) is 0 Å². The van der Waals surface area contributed by atoms with Gasteiger partial charge in [0.15, 0.2) is 5.38 Å². The number of alkyl halides is 4. The zero-order valence-corrected chi connectivity index (χ0v) is 6.73. The third-order valence-corrected chi connectivity index (χ3v) is 1.88. The van der Waals surface area contributed by atoms with Crippen LogP contribution in [0.15, 0.2) is 30.3 Å². The third-order valence-electron chi connectivity index (χ3n) is 1.38. The van der Waals surface area contributed by atoms with Crippen molar-refractivity contribution >= 4 is 11.6 Å². The van der Waals surface area contributed by atoms with Gasteiger partial charge < -0.3 is 0 Å². The van der Waals surface area contributed by atoms with Gasteiger partial charge in [0.25, 0.3) is 0 Å². The van der Waals surface area contributed by atoms with Crippen LogP contribution in [-0.2, 0) is 0 Å². The monoisotopic (exact) mass is 194 g/mol. The Kier molecular flexibility index (Phi) is 2.62. The number of benzene rings is 1. The maximum Gasteiger partial charge on any atom is 0.408 e. The molecule has 0 spiro atoms. The number of rotatable bonds is 1. The molecule has 0 fully saturated rings. The van der Waals surface area contributed by atoms with E-state index in [1.165, 1.54) is 24.3 Å². The van der Waals surface area contributed by atoms with Crippen LogP contribution in [0.3, 0.4) is 0 Å². The van der Waals surface area contributed by atoms with Crippen molar-refractivity contribution in [3.8, 4) is 0 Å². The second kappa shape index (κ2) is 3.35. The van der Waals surface area contributed by atoms with E-state index in [-0.39, 0.29) is 5.56 Å². The topological polar surface area (TPSA) is 0 Å². The zero-order chi connectivity index (χ0) is 9.19. The van der Waals surface area contributed by atoms with Crippen LogP contribution >= 0.6 is 11.6 Å². The molecule has 0 bridgehead atoms. The van der Waals surface area contributed by atoms with Crippen molar-refractivity contribution in [2.45, 2.75) is 11.6 Å². The Bertz CT molecular complexity index is 242. The van der Waals surface area contributed by atoms with Crippen molar-refractivity contribution in [3.05, 3.63) is 35.9 Å². The fourth-order valence-electron chi connectivity index (χ4n) is 0.811. The minimum absolute atomic E-state index is 0.0756. The molecule has 0 N–H and O–H groups in total. The smallest absolute Gasteiger partial charge is 0.169 e. The highest BCUT2D eigenvalue weighted by Gasteiger charge is 2.38. The Morgan fingerprint density at radius 2 is 1.58 bits per heavy atom. The van der Waals surface area contributed by atoms with E-state index in [0.29, 0.717) is 0 Å². The lowest BCUT2D eigenvalue weighted by atomic mass is 10.1. The minimum Gasteiger partial charge on any atom is -0.169 e. The van der Waals surface area contributed by atoms with Crippen molar-refractivity contribution in [1.29, 1.82) is 0 Å². The summed E-state index contributed by atoms with van der Waals surface area (Å²) in [5, 5.41) is -1.90. The van der Waals surface area contributed by atoms with Gasteiger partial charge in [-0.2, -0.15) is 13.2 Å². The second-order valence-electron chi connectivity index (χ2n) is 2.31. The van der Waals surface area contributed by atoms with Gasteiger partial charge >= 0.3 is 6.18 Å². The van der Waals surface area contributed by atoms with Gasteiger partial charge in [0.1, 0.15) is 0 Å². The largest absolute Gasteiger partial charge is 0.408 e. The van der Waals surface area contributed by atoms with E-state index in [1.54, 1.807) is 6.07 Å². The van der Waals surface area contributed by atoms with Crippen LogP contribution < -0.4 is 0 Å². The van der Waals surface area contributed by atoms with E-state index in [9.17, 15) is 13.2 Å². The Balaban J connectivity index is 2.86. The van der Waals surface area contributed by atoms with Gasteiger partial charge in [-0.25, -0.2) is 0 Å². The van der Waals surface area contributed by atoms with Crippen LogP contribution in [0, 0.1) is 0 Å². The van der Waals surface area contributed by atoms with E-state index in [2.05, 4.69) is 0 Å². The molecule has 0 aromatic heterocycles. The predicted molar refractivity (Wildman–Crippen MR) is 41.1 cm³/mol. The Labute approximate surface area is 73.0 Å². The summed E-state index contributed by atoms with van der Waals surface area (Å²) < 4.78 is 36.0. The molecule has 66 valence electrons. The van der Waals surface area contributed by atoms with Gasteiger partial charge in [0.05, 0.1) is 0 Å². The molecule has 0 aliphatic heterocycles. The van der Waals surface area contributed by atoms with Gasteiger partial charge in [-0.05, 0) is 5.56 Å². The van der Waals surface area contributed by atoms with Gasteiger partial charge in [-0.15, -0.1) is 11.6 Å². The fourth-order valence-corrected chi connectivity index (χ4v) is 0.956. The van der Waals surface area contributed by atoms with Gasteiger partial charge in [-0.3, -0.25) is 0 Å². The minimum atomic E-state index is -4.37. The second-order valence-corrected chi connectivity index (χ2v) is 2.75. The molecule has 0 radical (unpaired) electrons. The predicted octanol–water partition coefficient (Wildman–Crippen LogP) is 3.53. The molecular weight excluding hydrogens is 189 g/mol. The SMILES string of the molecule is FC(F)(F)[C@@H](Cl)c1ccccc1. The molecule has 0 unspecified atom stereocenters. The highest BCUT2D eigenvalue weighted by molar-refractivity contribution is 6.21. The first-order valence-electron chi connectivity index (χ1n) is 3.27. The van der Waals surface area contributed by atoms with Crippen molar-refractivity contribution in [1.82, 2.24) is 0 Å². The summed E-state index contributed by atoms with van der Waals surface area (Å²) in [4.78, 5) is 0. The van der Waals surface area contributed by atoms with Crippen LogP contribution in [0.1, 0.15) is 10.9 Å². The quantitative estimate of drug-likeness (QED) is 0.600. The van der Waals surface area contributed by atoms with E-state index >= 15 is 0 Å². The molecule has 1 atom stereocenters. The van der Waals surface area contributed by atoms with Gasteiger partial charge in [0, 0.05) is 0 Å². The lowest BCUT2D eigenvalue weighted by Crippen LogP contribution is -2.15. The average molecular weight is 195 g/mol. The van der Waals surface area contributed by atoms with E-state index in [0.717, 1.165) is 0 Å². The molecule has 4 heteroatoms. The maximum atomic E-state index is 12.0. The van der Waals surface area contributed by atoms with Crippen molar-refractivity contribution in [2.75, 3.05) is 0 Å². The van der Waals surface area contributed by atoms with Crippen molar-refractivity contribution in [3.63, 3.8) is 0 Å². The standard InChI is InChI=1S/C8H6ClF3/c9-7(8(10,11)12)6-4-2-1-3-5-6/h1-5,7H/t7-/m0/s1. The maximum absolute atomic E-state index is 12.0. The summed E-state index contributed by atoms with van der Waals surface area (Å²) in [5.41, 5.74) is 0.0756. The molecule has 0 amide bonds. The summed E-state index contributed by atoms with van der Waals surface area (Å²) in [6.45, 7) is 0. The van der Waals surface area contributed by atoms with Crippen molar-refractivity contribution < 1.29 is 13.2 Å². The van der Waals surface area contributed by atoms with E-state index < -0.39 is 11.6 Å². The first-order chi connectivity index (χ1) is 5.52. The molecular formula is C8H6ClF3. The fraction of sp³-hybridized carbons (Fsp3) is 0.250. The zero-order valence-electron chi connectivity index (χ0n) is 5.98. The van der Waals surface area contributed by atoms with E-state index in [4.69, 9.17) is 11.6 Å². The summed E-state index contributed by atoms with van der Waals surface area (Å²) in [7, 11) is 0. The summed E-state index contributed by atoms with van der Waals surface area (Å²) in [5.74, 6) is 0. The highest BCUT2D eigenvalue weighted by Crippen LogP contribution is 2.37. The highest BCUT2D eigenvalue weighted by atomic mass is 35.5. The van der Waals surface area contributed by atoms with Crippen LogP contribution in [0.5, 0.6) is 0 Å². The number of halogens is 4. The summed E-state index contributed by atoms with van der Waals surface area (Å²) >= 11 is 5.16. The third kappa shape index (κ3) is 2.14. The van der Waals surface area contributed by atoms with Gasteiger partial charge in [-0.1, -0.05) is 30.3 Å². The lowest BCUT2D eigenvalue weighted by molar-refractivity contribution is -0.131. The first kappa shape index (κ1) is 9.39. The lowest BCUT2D eigenvalue weighted by Gasteiger charge is -2.12. The number of hydrogen-bond donors (Lipinski definition) is 0. The average Bonchev–Trinajstić information content (AvgIpc) is 2.03. The molecule has 0 aliphatic carbocycles. The molecule has 1 aromatic rings. The first-order valence-corrected chi connectivity index (χ1v) is 3.71. The van der Waals surface area contributed by atoms with Gasteiger partial charge in [0.2, 0.25) is 0 Å². The molecule has 0 heterocycles. The molecule has 1 rings (SSSR count). The number of hydrogen-bond acceptors (Lipinski definition) is 0. The molecule has 0 aliphatic rings. The van der Waals surface area contributed by atoms with Crippen LogP contribution in [0.25, 0.3) is 0 Å². The van der Waals surface area contributed by atoms with Crippen LogP contribution in [0.2, 0.25) is 0 Å². The van der Waals surface area contributed by atoms with E-state index in [1.807, 2.05) is 0 Å². The summed E-state index contributed by atoms with van der Waals surface area (Å²) in [6.07, 6.45) is -4.37. The molecule has 1 aromatic carbocycles.